The van der Waals surface area contributed by atoms with Gasteiger partial charge in [0.2, 0.25) is 0 Å². The van der Waals surface area contributed by atoms with E-state index in [0.29, 0.717) is 5.56 Å². The van der Waals surface area contributed by atoms with Crippen molar-refractivity contribution in [1.29, 1.82) is 0 Å². The number of benzene rings is 1. The zero-order chi connectivity index (χ0) is 15.6. The summed E-state index contributed by atoms with van der Waals surface area (Å²) in [6, 6.07) is 5.73. The van der Waals surface area contributed by atoms with E-state index in [9.17, 15) is 9.59 Å². The number of hydrogen-bond acceptors (Lipinski definition) is 4. The van der Waals surface area contributed by atoms with Gasteiger partial charge in [0.25, 0.3) is 5.91 Å². The van der Waals surface area contributed by atoms with Crippen LogP contribution in [0.2, 0.25) is 0 Å². The number of amides is 1. The zero-order valence-electron chi connectivity index (χ0n) is 12.0. The molecule has 2 N–H and O–H groups in total. The van der Waals surface area contributed by atoms with Crippen molar-refractivity contribution in [2.75, 3.05) is 0 Å². The minimum atomic E-state index is -1.01. The summed E-state index contributed by atoms with van der Waals surface area (Å²) in [7, 11) is 0. The largest absolute Gasteiger partial charge is 0.478 e. The van der Waals surface area contributed by atoms with Crippen molar-refractivity contribution < 1.29 is 14.7 Å². The molecule has 1 aromatic heterocycles. The maximum absolute atomic E-state index is 12.2. The smallest absolute Gasteiger partial charge is 0.335 e. The summed E-state index contributed by atoms with van der Waals surface area (Å²) in [6.07, 6.45) is 0. The molecule has 2 aromatic rings. The summed E-state index contributed by atoms with van der Waals surface area (Å²) in [5.41, 5.74) is 1.52. The van der Waals surface area contributed by atoms with Gasteiger partial charge in [0.1, 0.15) is 0 Å². The van der Waals surface area contributed by atoms with Crippen LogP contribution >= 0.6 is 11.3 Å². The number of carbonyl (C=O) groups excluding carboxylic acids is 1. The Morgan fingerprint density at radius 3 is 2.24 bits per heavy atom. The van der Waals surface area contributed by atoms with E-state index in [4.69, 9.17) is 5.11 Å². The van der Waals surface area contributed by atoms with E-state index in [-0.39, 0.29) is 17.5 Å². The number of carboxylic acid groups (broad SMARTS) is 1. The Bertz CT molecular complexity index is 677. The lowest BCUT2D eigenvalue weighted by Gasteiger charge is -2.13. The predicted octanol–water partition coefficient (Wildman–Crippen LogP) is 2.95. The molecule has 0 spiro atoms. The molecule has 1 aromatic carbocycles. The molecular formula is C15H16N2O3S. The molecule has 0 aliphatic carbocycles. The molecule has 0 fully saturated rings. The lowest BCUT2D eigenvalue weighted by Crippen LogP contribution is -2.26. The van der Waals surface area contributed by atoms with Crippen LogP contribution in [0.4, 0.5) is 0 Å². The van der Waals surface area contributed by atoms with Crippen LogP contribution in [0, 0.1) is 13.8 Å². The number of aromatic nitrogens is 1. The third-order valence-corrected chi connectivity index (χ3v) is 4.33. The Morgan fingerprint density at radius 2 is 1.76 bits per heavy atom. The van der Waals surface area contributed by atoms with Crippen LogP contribution in [0.3, 0.4) is 0 Å². The average Bonchev–Trinajstić information content (AvgIpc) is 2.77. The van der Waals surface area contributed by atoms with E-state index >= 15 is 0 Å². The number of rotatable bonds is 4. The SMILES string of the molecule is Cc1nc(C)c(C(C)NC(=O)c2ccc(C(=O)O)cc2)s1. The molecule has 0 aliphatic rings. The predicted molar refractivity (Wildman–Crippen MR) is 80.9 cm³/mol. The first-order valence-electron chi connectivity index (χ1n) is 6.46. The van der Waals surface area contributed by atoms with Crippen LogP contribution in [0.25, 0.3) is 0 Å². The topological polar surface area (TPSA) is 79.3 Å². The molecule has 0 saturated carbocycles. The fourth-order valence-electron chi connectivity index (χ4n) is 2.06. The maximum Gasteiger partial charge on any atom is 0.335 e. The van der Waals surface area contributed by atoms with Gasteiger partial charge in [0.15, 0.2) is 0 Å². The van der Waals surface area contributed by atoms with Gasteiger partial charge in [-0.3, -0.25) is 4.79 Å². The van der Waals surface area contributed by atoms with Gasteiger partial charge in [-0.1, -0.05) is 0 Å². The Labute approximate surface area is 126 Å². The summed E-state index contributed by atoms with van der Waals surface area (Å²) in [6.45, 7) is 5.76. The van der Waals surface area contributed by atoms with E-state index in [0.717, 1.165) is 15.6 Å². The van der Waals surface area contributed by atoms with Crippen LogP contribution in [0.5, 0.6) is 0 Å². The molecule has 6 heteroatoms. The Balaban J connectivity index is 2.10. The van der Waals surface area contributed by atoms with Crippen LogP contribution in [-0.4, -0.2) is 22.0 Å². The minimum Gasteiger partial charge on any atom is -0.478 e. The van der Waals surface area contributed by atoms with E-state index in [1.165, 1.54) is 24.3 Å². The molecule has 1 heterocycles. The van der Waals surface area contributed by atoms with Crippen LogP contribution in [0.1, 0.15) is 49.3 Å². The van der Waals surface area contributed by atoms with Gasteiger partial charge in [0, 0.05) is 10.4 Å². The van der Waals surface area contributed by atoms with E-state index in [1.807, 2.05) is 20.8 Å². The zero-order valence-corrected chi connectivity index (χ0v) is 12.8. The number of nitrogens with one attached hydrogen (secondary N) is 1. The summed E-state index contributed by atoms with van der Waals surface area (Å²) >= 11 is 1.56. The first kappa shape index (κ1) is 15.2. The van der Waals surface area contributed by atoms with E-state index in [1.54, 1.807) is 11.3 Å². The number of thiazole rings is 1. The van der Waals surface area contributed by atoms with Crippen molar-refractivity contribution in [1.82, 2.24) is 10.3 Å². The maximum atomic E-state index is 12.2. The number of carbonyl (C=O) groups is 2. The van der Waals surface area contributed by atoms with E-state index in [2.05, 4.69) is 10.3 Å². The fraction of sp³-hybridized carbons (Fsp3) is 0.267. The molecular weight excluding hydrogens is 288 g/mol. The number of hydrogen-bond donors (Lipinski definition) is 2. The molecule has 0 saturated heterocycles. The molecule has 1 unspecified atom stereocenters. The molecule has 1 atom stereocenters. The Hall–Kier alpha value is -2.21. The van der Waals surface area contributed by atoms with Crippen LogP contribution in [0.15, 0.2) is 24.3 Å². The Kier molecular flexibility index (Phi) is 4.37. The number of carboxylic acids is 1. The van der Waals surface area contributed by atoms with Gasteiger partial charge in [-0.05, 0) is 45.0 Å². The Morgan fingerprint density at radius 1 is 1.19 bits per heavy atom. The fourth-order valence-corrected chi connectivity index (χ4v) is 2.99. The first-order chi connectivity index (χ1) is 9.88. The van der Waals surface area contributed by atoms with Crippen LogP contribution in [-0.2, 0) is 0 Å². The highest BCUT2D eigenvalue weighted by atomic mass is 32.1. The normalized spacial score (nSPS) is 12.0. The van der Waals surface area contributed by atoms with Crippen LogP contribution < -0.4 is 5.32 Å². The standard InChI is InChI=1S/C15H16N2O3S/c1-8-13(21-10(3)16-8)9(2)17-14(18)11-4-6-12(7-5-11)15(19)20/h4-7,9H,1-3H3,(H,17,18)(H,19,20). The highest BCUT2D eigenvalue weighted by molar-refractivity contribution is 7.11. The highest BCUT2D eigenvalue weighted by Crippen LogP contribution is 2.24. The third kappa shape index (κ3) is 3.46. The molecule has 1 amide bonds. The molecule has 2 rings (SSSR count). The summed E-state index contributed by atoms with van der Waals surface area (Å²) in [5.74, 6) is -1.24. The summed E-state index contributed by atoms with van der Waals surface area (Å²) in [5, 5.41) is 12.7. The van der Waals surface area contributed by atoms with Crippen molar-refractivity contribution >= 4 is 23.2 Å². The van der Waals surface area contributed by atoms with Crippen molar-refractivity contribution in [2.24, 2.45) is 0 Å². The van der Waals surface area contributed by atoms with E-state index < -0.39 is 5.97 Å². The van der Waals surface area contributed by atoms with Crippen molar-refractivity contribution in [3.63, 3.8) is 0 Å². The molecule has 110 valence electrons. The molecule has 0 bridgehead atoms. The summed E-state index contributed by atoms with van der Waals surface area (Å²) < 4.78 is 0. The monoisotopic (exact) mass is 304 g/mol. The van der Waals surface area contributed by atoms with Gasteiger partial charge in [-0.15, -0.1) is 11.3 Å². The van der Waals surface area contributed by atoms with Gasteiger partial charge in [-0.25, -0.2) is 9.78 Å². The lowest BCUT2D eigenvalue weighted by molar-refractivity contribution is 0.0696. The highest BCUT2D eigenvalue weighted by Gasteiger charge is 2.16. The molecule has 21 heavy (non-hydrogen) atoms. The van der Waals surface area contributed by atoms with Crippen molar-refractivity contribution in [3.8, 4) is 0 Å². The minimum absolute atomic E-state index is 0.136. The van der Waals surface area contributed by atoms with Gasteiger partial charge in [-0.2, -0.15) is 0 Å². The van der Waals surface area contributed by atoms with Crippen molar-refractivity contribution in [3.05, 3.63) is 51.0 Å². The second kappa shape index (κ2) is 6.05. The van der Waals surface area contributed by atoms with Gasteiger partial charge in [0.05, 0.1) is 22.3 Å². The van der Waals surface area contributed by atoms with Crippen molar-refractivity contribution in [2.45, 2.75) is 26.8 Å². The van der Waals surface area contributed by atoms with Gasteiger partial charge >= 0.3 is 5.97 Å². The third-order valence-electron chi connectivity index (χ3n) is 3.07. The average molecular weight is 304 g/mol. The first-order valence-corrected chi connectivity index (χ1v) is 7.28. The summed E-state index contributed by atoms with van der Waals surface area (Å²) in [4.78, 5) is 28.3. The second-order valence-corrected chi connectivity index (χ2v) is 5.99. The molecule has 0 radical (unpaired) electrons. The number of aryl methyl sites for hydroxylation is 2. The molecule has 5 nitrogen and oxygen atoms in total. The lowest BCUT2D eigenvalue weighted by atomic mass is 10.1. The molecule has 0 aliphatic heterocycles. The quantitative estimate of drug-likeness (QED) is 0.910. The number of aromatic carboxylic acids is 1. The van der Waals surface area contributed by atoms with Gasteiger partial charge < -0.3 is 10.4 Å². The second-order valence-electron chi connectivity index (χ2n) is 4.76. The number of nitrogens with zero attached hydrogens (tertiary/aromatic N) is 1.